The third kappa shape index (κ3) is 4.14. The monoisotopic (exact) mass is 257 g/mol. The summed E-state index contributed by atoms with van der Waals surface area (Å²) in [5.74, 6) is -0.538. The SMILES string of the molecule is COCC(CCO)NCc1cc(C)c(C(=O)O)o1. The fourth-order valence-corrected chi connectivity index (χ4v) is 1.69. The number of methoxy groups -OCH3 is 1. The van der Waals surface area contributed by atoms with E-state index < -0.39 is 5.97 Å². The van der Waals surface area contributed by atoms with Gasteiger partial charge in [-0.15, -0.1) is 0 Å². The highest BCUT2D eigenvalue weighted by atomic mass is 16.5. The molecule has 102 valence electrons. The summed E-state index contributed by atoms with van der Waals surface area (Å²) in [6.45, 7) is 2.64. The number of nitrogens with one attached hydrogen (secondary N) is 1. The first kappa shape index (κ1) is 14.7. The quantitative estimate of drug-likeness (QED) is 0.637. The highest BCUT2D eigenvalue weighted by Gasteiger charge is 2.15. The minimum Gasteiger partial charge on any atom is -0.475 e. The van der Waals surface area contributed by atoms with Crippen molar-refractivity contribution in [2.75, 3.05) is 20.3 Å². The van der Waals surface area contributed by atoms with Crippen LogP contribution in [-0.4, -0.2) is 42.5 Å². The van der Waals surface area contributed by atoms with Gasteiger partial charge in [0.15, 0.2) is 0 Å². The van der Waals surface area contributed by atoms with Gasteiger partial charge in [-0.25, -0.2) is 4.79 Å². The summed E-state index contributed by atoms with van der Waals surface area (Å²) in [6, 6.07) is 1.71. The van der Waals surface area contributed by atoms with Crippen molar-refractivity contribution in [2.24, 2.45) is 0 Å². The number of aliphatic hydroxyl groups is 1. The van der Waals surface area contributed by atoms with Crippen LogP contribution >= 0.6 is 0 Å². The highest BCUT2D eigenvalue weighted by Crippen LogP contribution is 2.14. The lowest BCUT2D eigenvalue weighted by molar-refractivity contribution is 0.0658. The molecule has 0 radical (unpaired) electrons. The second-order valence-corrected chi connectivity index (χ2v) is 4.08. The van der Waals surface area contributed by atoms with Gasteiger partial charge in [-0.1, -0.05) is 0 Å². The first-order valence-corrected chi connectivity index (χ1v) is 5.74. The third-order valence-corrected chi connectivity index (χ3v) is 2.57. The number of aliphatic hydroxyl groups excluding tert-OH is 1. The third-order valence-electron chi connectivity index (χ3n) is 2.57. The first-order valence-electron chi connectivity index (χ1n) is 5.74. The predicted octanol–water partition coefficient (Wildman–Crippen LogP) is 0.773. The van der Waals surface area contributed by atoms with Gasteiger partial charge in [-0.3, -0.25) is 0 Å². The van der Waals surface area contributed by atoms with E-state index in [2.05, 4.69) is 5.32 Å². The zero-order chi connectivity index (χ0) is 13.5. The van der Waals surface area contributed by atoms with Crippen LogP contribution in [0.5, 0.6) is 0 Å². The van der Waals surface area contributed by atoms with E-state index in [1.54, 1.807) is 20.1 Å². The van der Waals surface area contributed by atoms with Gasteiger partial charge in [-0.2, -0.15) is 0 Å². The zero-order valence-electron chi connectivity index (χ0n) is 10.6. The van der Waals surface area contributed by atoms with Gasteiger partial charge in [0, 0.05) is 25.3 Å². The molecule has 0 aromatic carbocycles. The molecule has 1 unspecified atom stereocenters. The Labute approximate surface area is 106 Å². The van der Waals surface area contributed by atoms with Crippen LogP contribution in [0, 0.1) is 6.92 Å². The Morgan fingerprint density at radius 1 is 1.61 bits per heavy atom. The summed E-state index contributed by atoms with van der Waals surface area (Å²) in [7, 11) is 1.59. The van der Waals surface area contributed by atoms with E-state index in [0.29, 0.717) is 30.9 Å². The molecule has 0 spiro atoms. The number of aryl methyl sites for hydroxylation is 1. The number of aromatic carboxylic acids is 1. The second-order valence-electron chi connectivity index (χ2n) is 4.08. The van der Waals surface area contributed by atoms with Crippen molar-refractivity contribution in [3.8, 4) is 0 Å². The lowest BCUT2D eigenvalue weighted by Crippen LogP contribution is -2.33. The minimum atomic E-state index is -1.07. The second kappa shape index (κ2) is 7.15. The van der Waals surface area contributed by atoms with Crippen molar-refractivity contribution in [3.05, 3.63) is 23.2 Å². The summed E-state index contributed by atoms with van der Waals surface area (Å²) >= 11 is 0. The minimum absolute atomic E-state index is 0.0127. The number of rotatable bonds is 8. The molecule has 1 heterocycles. The molecule has 0 bridgehead atoms. The Bertz CT molecular complexity index is 382. The van der Waals surface area contributed by atoms with Crippen molar-refractivity contribution >= 4 is 5.97 Å². The van der Waals surface area contributed by atoms with E-state index in [4.69, 9.17) is 19.4 Å². The van der Waals surface area contributed by atoms with Crippen molar-refractivity contribution in [1.29, 1.82) is 0 Å². The van der Waals surface area contributed by atoms with Gasteiger partial charge >= 0.3 is 5.97 Å². The molecule has 1 atom stereocenters. The number of furan rings is 1. The average molecular weight is 257 g/mol. The number of carbonyl (C=O) groups is 1. The molecule has 18 heavy (non-hydrogen) atoms. The lowest BCUT2D eigenvalue weighted by atomic mass is 10.2. The Balaban J connectivity index is 2.56. The molecule has 0 aliphatic heterocycles. The van der Waals surface area contributed by atoms with Crippen LogP contribution < -0.4 is 5.32 Å². The summed E-state index contributed by atoms with van der Waals surface area (Å²) in [5, 5.41) is 20.9. The predicted molar refractivity (Wildman–Crippen MR) is 64.6 cm³/mol. The number of carboxylic acid groups (broad SMARTS) is 1. The van der Waals surface area contributed by atoms with Gasteiger partial charge in [0.25, 0.3) is 0 Å². The molecule has 1 aromatic heterocycles. The smallest absolute Gasteiger partial charge is 0.372 e. The Kier molecular flexibility index (Phi) is 5.84. The number of carboxylic acids is 1. The van der Waals surface area contributed by atoms with Gasteiger partial charge in [0.1, 0.15) is 5.76 Å². The number of hydrogen-bond acceptors (Lipinski definition) is 5. The molecular formula is C12H19NO5. The summed E-state index contributed by atoms with van der Waals surface area (Å²) in [5.41, 5.74) is 0.602. The van der Waals surface area contributed by atoms with Gasteiger partial charge in [0.05, 0.1) is 13.2 Å². The van der Waals surface area contributed by atoms with E-state index in [-0.39, 0.29) is 18.4 Å². The molecule has 1 aromatic rings. The van der Waals surface area contributed by atoms with Crippen molar-refractivity contribution in [3.63, 3.8) is 0 Å². The zero-order valence-corrected chi connectivity index (χ0v) is 10.6. The van der Waals surface area contributed by atoms with Crippen LogP contribution in [0.3, 0.4) is 0 Å². The maximum atomic E-state index is 10.8. The summed E-state index contributed by atoms with van der Waals surface area (Å²) < 4.78 is 10.2. The van der Waals surface area contributed by atoms with Gasteiger partial charge in [0.2, 0.25) is 5.76 Å². The number of ether oxygens (including phenoxy) is 1. The van der Waals surface area contributed by atoms with E-state index in [9.17, 15) is 4.79 Å². The molecule has 0 aliphatic rings. The molecule has 3 N–H and O–H groups in total. The summed E-state index contributed by atoms with van der Waals surface area (Å²) in [4.78, 5) is 10.8. The molecule has 6 heteroatoms. The van der Waals surface area contributed by atoms with E-state index >= 15 is 0 Å². The average Bonchev–Trinajstić information content (AvgIpc) is 2.68. The van der Waals surface area contributed by atoms with E-state index in [1.807, 2.05) is 0 Å². The van der Waals surface area contributed by atoms with Crippen LogP contribution in [0.4, 0.5) is 0 Å². The molecular weight excluding hydrogens is 238 g/mol. The summed E-state index contributed by atoms with van der Waals surface area (Å²) in [6.07, 6.45) is 0.569. The van der Waals surface area contributed by atoms with Crippen molar-refractivity contribution in [1.82, 2.24) is 5.32 Å². The fourth-order valence-electron chi connectivity index (χ4n) is 1.69. The maximum Gasteiger partial charge on any atom is 0.372 e. The first-order chi connectivity index (χ1) is 8.58. The maximum absolute atomic E-state index is 10.8. The normalized spacial score (nSPS) is 12.6. The number of hydrogen-bond donors (Lipinski definition) is 3. The van der Waals surface area contributed by atoms with Crippen LogP contribution in [0.25, 0.3) is 0 Å². The topological polar surface area (TPSA) is 91.9 Å². The van der Waals surface area contributed by atoms with Crippen LogP contribution in [0.1, 0.15) is 28.3 Å². The lowest BCUT2D eigenvalue weighted by Gasteiger charge is -2.15. The van der Waals surface area contributed by atoms with Gasteiger partial charge in [-0.05, 0) is 19.4 Å². The Morgan fingerprint density at radius 3 is 2.83 bits per heavy atom. The fraction of sp³-hybridized carbons (Fsp3) is 0.583. The molecule has 0 amide bonds. The molecule has 6 nitrogen and oxygen atoms in total. The largest absolute Gasteiger partial charge is 0.475 e. The molecule has 0 saturated heterocycles. The standard InChI is InChI=1S/C12H19NO5/c1-8-5-10(18-11(8)12(15)16)6-13-9(3-4-14)7-17-2/h5,9,13-14H,3-4,6-7H2,1-2H3,(H,15,16). The van der Waals surface area contributed by atoms with Crippen molar-refractivity contribution < 1.29 is 24.2 Å². The van der Waals surface area contributed by atoms with E-state index in [0.717, 1.165) is 0 Å². The molecule has 0 fully saturated rings. The highest BCUT2D eigenvalue weighted by molar-refractivity contribution is 5.86. The van der Waals surface area contributed by atoms with Crippen LogP contribution in [0.15, 0.2) is 10.5 Å². The Morgan fingerprint density at radius 2 is 2.33 bits per heavy atom. The molecule has 1 rings (SSSR count). The van der Waals surface area contributed by atoms with E-state index in [1.165, 1.54) is 0 Å². The Hall–Kier alpha value is -1.37. The molecule has 0 aliphatic carbocycles. The van der Waals surface area contributed by atoms with Crippen LogP contribution in [-0.2, 0) is 11.3 Å². The molecule has 0 saturated carbocycles. The van der Waals surface area contributed by atoms with Crippen molar-refractivity contribution in [2.45, 2.75) is 25.9 Å². The van der Waals surface area contributed by atoms with Gasteiger partial charge < -0.3 is 24.7 Å². The van der Waals surface area contributed by atoms with Crippen LogP contribution in [0.2, 0.25) is 0 Å².